The average molecular weight is 283 g/mol. The van der Waals surface area contributed by atoms with Crippen LogP contribution in [0.25, 0.3) is 0 Å². The van der Waals surface area contributed by atoms with E-state index in [2.05, 4.69) is 17.2 Å². The number of esters is 1. The molecular weight excluding hydrogens is 262 g/mol. The number of carbonyl (C=O) groups excluding carboxylic acids is 1. The number of nitrogen functional groups attached to an aromatic ring is 1. The molecule has 0 aliphatic heterocycles. The van der Waals surface area contributed by atoms with Gasteiger partial charge >= 0.3 is 5.97 Å². The highest BCUT2D eigenvalue weighted by atomic mass is 32.1. The number of rotatable bonds is 5. The van der Waals surface area contributed by atoms with Crippen molar-refractivity contribution < 1.29 is 9.53 Å². The molecule has 1 unspecified atom stereocenters. The van der Waals surface area contributed by atoms with Crippen molar-refractivity contribution in [3.63, 3.8) is 0 Å². The van der Waals surface area contributed by atoms with Crippen molar-refractivity contribution in [3.05, 3.63) is 15.9 Å². The number of pyridine rings is 1. The molecule has 0 aliphatic rings. The van der Waals surface area contributed by atoms with Crippen LogP contribution in [0.2, 0.25) is 0 Å². The lowest BCUT2D eigenvalue weighted by atomic mass is 10.1. The second-order valence-electron chi connectivity index (χ2n) is 4.42. The first-order valence-electron chi connectivity index (χ1n) is 6.38. The van der Waals surface area contributed by atoms with Gasteiger partial charge in [0.25, 0.3) is 0 Å². The molecule has 0 aromatic carbocycles. The lowest BCUT2D eigenvalue weighted by Gasteiger charge is -2.19. The van der Waals surface area contributed by atoms with Crippen molar-refractivity contribution in [1.29, 1.82) is 0 Å². The number of anilines is 2. The highest BCUT2D eigenvalue weighted by Gasteiger charge is 2.20. The summed E-state index contributed by atoms with van der Waals surface area (Å²) in [6.07, 6.45) is 0.909. The van der Waals surface area contributed by atoms with E-state index in [1.807, 2.05) is 6.92 Å². The number of aryl methyl sites for hydroxylation is 1. The van der Waals surface area contributed by atoms with Crippen LogP contribution < -0.4 is 11.1 Å². The Morgan fingerprint density at radius 2 is 2.16 bits per heavy atom. The number of aromatic amines is 1. The van der Waals surface area contributed by atoms with Crippen LogP contribution in [-0.4, -0.2) is 23.6 Å². The van der Waals surface area contributed by atoms with Gasteiger partial charge in [0.05, 0.1) is 18.0 Å². The van der Waals surface area contributed by atoms with E-state index in [0.717, 1.165) is 6.42 Å². The van der Waals surface area contributed by atoms with Gasteiger partial charge in [0.2, 0.25) is 0 Å². The van der Waals surface area contributed by atoms with Crippen LogP contribution in [0.3, 0.4) is 0 Å². The van der Waals surface area contributed by atoms with Crippen LogP contribution in [0.5, 0.6) is 0 Å². The van der Waals surface area contributed by atoms with Gasteiger partial charge in [-0.05, 0) is 27.2 Å². The number of nitrogens with two attached hydrogens (primary N) is 1. The molecule has 4 N–H and O–H groups in total. The zero-order valence-electron chi connectivity index (χ0n) is 11.8. The van der Waals surface area contributed by atoms with Crippen LogP contribution in [0.15, 0.2) is 0 Å². The topological polar surface area (TPSA) is 80.1 Å². The molecule has 0 bridgehead atoms. The van der Waals surface area contributed by atoms with E-state index >= 15 is 0 Å². The number of ether oxygens (including phenoxy) is 1. The maximum absolute atomic E-state index is 12.0. The van der Waals surface area contributed by atoms with Crippen LogP contribution in [0.4, 0.5) is 11.4 Å². The highest BCUT2D eigenvalue weighted by molar-refractivity contribution is 7.71. The number of carbonyl (C=O) groups is 1. The summed E-state index contributed by atoms with van der Waals surface area (Å²) in [5.41, 5.74) is 8.01. The predicted octanol–water partition coefficient (Wildman–Crippen LogP) is 3.02. The molecule has 0 radical (unpaired) electrons. The van der Waals surface area contributed by atoms with E-state index in [-0.39, 0.29) is 6.04 Å². The van der Waals surface area contributed by atoms with Gasteiger partial charge in [0, 0.05) is 11.7 Å². The Bertz CT molecular complexity index is 525. The van der Waals surface area contributed by atoms with Crippen LogP contribution >= 0.6 is 12.2 Å². The summed E-state index contributed by atoms with van der Waals surface area (Å²) >= 11 is 5.16. The number of hydrogen-bond donors (Lipinski definition) is 3. The fourth-order valence-electron chi connectivity index (χ4n) is 1.69. The largest absolute Gasteiger partial charge is 0.462 e. The molecule has 1 aromatic rings. The van der Waals surface area contributed by atoms with E-state index in [4.69, 9.17) is 22.7 Å². The summed E-state index contributed by atoms with van der Waals surface area (Å²) < 4.78 is 5.50. The summed E-state index contributed by atoms with van der Waals surface area (Å²) in [4.78, 5) is 15.0. The Kier molecular flexibility index (Phi) is 5.35. The van der Waals surface area contributed by atoms with Gasteiger partial charge < -0.3 is 20.8 Å². The molecular formula is C13H21N3O2S. The minimum Gasteiger partial charge on any atom is -0.462 e. The van der Waals surface area contributed by atoms with Crippen molar-refractivity contribution in [1.82, 2.24) is 4.98 Å². The van der Waals surface area contributed by atoms with E-state index in [9.17, 15) is 4.79 Å². The number of H-pyrrole nitrogens is 1. The van der Waals surface area contributed by atoms with Gasteiger partial charge in [-0.25, -0.2) is 4.79 Å². The van der Waals surface area contributed by atoms with Gasteiger partial charge in [0.15, 0.2) is 0 Å². The van der Waals surface area contributed by atoms with Gasteiger partial charge in [0.1, 0.15) is 10.2 Å². The van der Waals surface area contributed by atoms with Crippen LogP contribution in [0.1, 0.15) is 43.2 Å². The maximum atomic E-state index is 12.0. The molecule has 5 nitrogen and oxygen atoms in total. The number of aromatic nitrogens is 1. The third-order valence-electron chi connectivity index (χ3n) is 2.92. The first-order chi connectivity index (χ1) is 8.92. The summed E-state index contributed by atoms with van der Waals surface area (Å²) in [7, 11) is 0. The lowest BCUT2D eigenvalue weighted by Crippen LogP contribution is -2.20. The molecule has 0 saturated carbocycles. The summed E-state index contributed by atoms with van der Waals surface area (Å²) in [6.45, 7) is 7.93. The molecule has 1 rings (SSSR count). The van der Waals surface area contributed by atoms with Crippen molar-refractivity contribution >= 4 is 29.6 Å². The van der Waals surface area contributed by atoms with Gasteiger partial charge in [-0.2, -0.15) is 0 Å². The molecule has 0 saturated heterocycles. The summed E-state index contributed by atoms with van der Waals surface area (Å²) in [5.74, 6) is -0.399. The highest BCUT2D eigenvalue weighted by Crippen LogP contribution is 2.28. The first kappa shape index (κ1) is 15.5. The maximum Gasteiger partial charge on any atom is 0.342 e. The second kappa shape index (κ2) is 6.56. The zero-order valence-corrected chi connectivity index (χ0v) is 12.6. The Balaban J connectivity index is 3.38. The molecule has 0 spiro atoms. The molecule has 0 fully saturated rings. The van der Waals surface area contributed by atoms with E-state index in [0.29, 0.717) is 33.9 Å². The van der Waals surface area contributed by atoms with Crippen molar-refractivity contribution in [2.24, 2.45) is 0 Å². The van der Waals surface area contributed by atoms with Crippen LogP contribution in [0, 0.1) is 11.6 Å². The third-order valence-corrected chi connectivity index (χ3v) is 3.24. The number of hydrogen-bond acceptors (Lipinski definition) is 5. The monoisotopic (exact) mass is 283 g/mol. The SMILES string of the molecule is CCOC(=O)c1c(C)[nH]c(=S)c(N)c1NC(C)CC. The fourth-order valence-corrected chi connectivity index (χ4v) is 1.95. The molecule has 1 heterocycles. The summed E-state index contributed by atoms with van der Waals surface area (Å²) in [5, 5.41) is 3.24. The fraction of sp³-hybridized carbons (Fsp3) is 0.538. The zero-order chi connectivity index (χ0) is 14.6. The molecule has 1 aromatic heterocycles. The van der Waals surface area contributed by atoms with Gasteiger partial charge in [-0.1, -0.05) is 19.1 Å². The normalized spacial score (nSPS) is 12.0. The Morgan fingerprint density at radius 3 is 2.68 bits per heavy atom. The lowest BCUT2D eigenvalue weighted by molar-refractivity contribution is 0.0526. The Labute approximate surface area is 118 Å². The van der Waals surface area contributed by atoms with Crippen molar-refractivity contribution in [2.75, 3.05) is 17.7 Å². The van der Waals surface area contributed by atoms with Crippen molar-refractivity contribution in [3.8, 4) is 0 Å². The Hall–Kier alpha value is -1.56. The first-order valence-corrected chi connectivity index (χ1v) is 6.79. The molecule has 6 heteroatoms. The Morgan fingerprint density at radius 1 is 1.53 bits per heavy atom. The minimum absolute atomic E-state index is 0.187. The molecule has 0 amide bonds. The van der Waals surface area contributed by atoms with E-state index in [1.165, 1.54) is 0 Å². The average Bonchev–Trinajstić information content (AvgIpc) is 2.35. The third kappa shape index (κ3) is 3.47. The van der Waals surface area contributed by atoms with Gasteiger partial charge in [-0.15, -0.1) is 0 Å². The molecule has 1 atom stereocenters. The molecule has 106 valence electrons. The predicted molar refractivity (Wildman–Crippen MR) is 80.1 cm³/mol. The van der Waals surface area contributed by atoms with Crippen molar-refractivity contribution in [2.45, 2.75) is 40.2 Å². The summed E-state index contributed by atoms with van der Waals surface area (Å²) in [6, 6.07) is 0.187. The number of nitrogens with one attached hydrogen (secondary N) is 2. The molecule has 19 heavy (non-hydrogen) atoms. The minimum atomic E-state index is -0.399. The standard InChI is InChI=1S/C13H21N3O2S/c1-5-7(3)15-11-9(13(17)18-6-2)8(4)16-12(19)10(11)14/h7H,5-6,14H2,1-4H3,(H2,15,16,19). The quantitative estimate of drug-likeness (QED) is 0.572. The van der Waals surface area contributed by atoms with Gasteiger partial charge in [-0.3, -0.25) is 0 Å². The van der Waals surface area contributed by atoms with Crippen LogP contribution in [-0.2, 0) is 4.74 Å². The smallest absolute Gasteiger partial charge is 0.342 e. The molecule has 0 aliphatic carbocycles. The van der Waals surface area contributed by atoms with E-state index < -0.39 is 5.97 Å². The van der Waals surface area contributed by atoms with E-state index in [1.54, 1.807) is 13.8 Å². The second-order valence-corrected chi connectivity index (χ2v) is 4.83.